The van der Waals surface area contributed by atoms with Crippen molar-refractivity contribution in [2.45, 2.75) is 20.4 Å². The van der Waals surface area contributed by atoms with E-state index in [9.17, 15) is 0 Å². The van der Waals surface area contributed by atoms with Crippen LogP contribution in [0.4, 0.5) is 5.69 Å². The summed E-state index contributed by atoms with van der Waals surface area (Å²) in [5.74, 6) is 0.844. The van der Waals surface area contributed by atoms with E-state index in [0.29, 0.717) is 6.54 Å². The molecule has 0 amide bonds. The Morgan fingerprint density at radius 2 is 1.92 bits per heavy atom. The highest BCUT2D eigenvalue weighted by Crippen LogP contribution is 2.20. The van der Waals surface area contributed by atoms with E-state index in [4.69, 9.17) is 5.11 Å². The summed E-state index contributed by atoms with van der Waals surface area (Å²) in [7, 11) is 0. The fraction of sp³-hybridized carbons (Fsp3) is 0.350. The largest absolute Gasteiger partial charge is 0.395 e. The highest BCUT2D eigenvalue weighted by atomic mass is 32.1. The second-order valence-electron chi connectivity index (χ2n) is 5.77. The van der Waals surface area contributed by atoms with E-state index in [1.807, 2.05) is 0 Å². The molecule has 0 spiro atoms. The molecule has 3 nitrogen and oxygen atoms in total. The molecule has 1 N–H and O–H groups in total. The summed E-state index contributed by atoms with van der Waals surface area (Å²) >= 11 is 4.25. The van der Waals surface area contributed by atoms with Crippen LogP contribution in [0, 0.1) is 6.92 Å². The van der Waals surface area contributed by atoms with Crippen molar-refractivity contribution in [2.24, 2.45) is 0 Å². The standard InChI is InChI=1S/C20H26N2OS/c1-3-22(12-14-23)20-7-6-19(17(2)16-20)5-4-18-8-10-21(11-9-18)13-15-24/h4-11,16,23H,3,12-15H2,1-2H3/p+1. The van der Waals surface area contributed by atoms with E-state index in [-0.39, 0.29) is 6.61 Å². The molecule has 0 atom stereocenters. The number of aromatic nitrogens is 1. The Morgan fingerprint density at radius 1 is 1.17 bits per heavy atom. The maximum Gasteiger partial charge on any atom is 0.169 e. The molecule has 0 radical (unpaired) electrons. The van der Waals surface area contributed by atoms with Crippen molar-refractivity contribution in [3.05, 3.63) is 59.4 Å². The Labute approximate surface area is 150 Å². The molecule has 4 heteroatoms. The Kier molecular flexibility index (Phi) is 7.35. The minimum atomic E-state index is 0.176. The zero-order valence-electron chi connectivity index (χ0n) is 14.5. The molecule has 0 bridgehead atoms. The lowest BCUT2D eigenvalue weighted by atomic mass is 10.1. The lowest BCUT2D eigenvalue weighted by molar-refractivity contribution is -0.692. The van der Waals surface area contributed by atoms with Gasteiger partial charge in [0.1, 0.15) is 0 Å². The predicted octanol–water partition coefficient (Wildman–Crippen LogP) is 3.20. The van der Waals surface area contributed by atoms with Crippen LogP contribution >= 0.6 is 12.6 Å². The number of likely N-dealkylation sites (N-methyl/N-ethyl adjacent to an activating group) is 1. The number of nitrogens with zero attached hydrogens (tertiary/aromatic N) is 2. The quantitative estimate of drug-likeness (QED) is 0.569. The molecule has 0 aliphatic heterocycles. The average Bonchev–Trinajstić information content (AvgIpc) is 2.60. The van der Waals surface area contributed by atoms with Gasteiger partial charge in [0, 0.05) is 36.7 Å². The van der Waals surface area contributed by atoms with E-state index >= 15 is 0 Å². The van der Waals surface area contributed by atoms with Crippen molar-refractivity contribution < 1.29 is 9.67 Å². The number of pyridine rings is 1. The Balaban J connectivity index is 2.11. The first-order chi connectivity index (χ1) is 11.7. The van der Waals surface area contributed by atoms with Crippen molar-refractivity contribution >= 4 is 30.5 Å². The molecule has 2 aromatic rings. The SMILES string of the molecule is CCN(CCO)c1ccc(/C=C/c2cc[n+](CCS)cc2)c(C)c1. The lowest BCUT2D eigenvalue weighted by Gasteiger charge is -2.22. The summed E-state index contributed by atoms with van der Waals surface area (Å²) in [4.78, 5) is 2.18. The molecule has 1 heterocycles. The van der Waals surface area contributed by atoms with Gasteiger partial charge in [0.25, 0.3) is 0 Å². The maximum absolute atomic E-state index is 9.16. The molecule has 2 rings (SSSR count). The molecular formula is C20H27N2OS+. The van der Waals surface area contributed by atoms with Crippen LogP contribution in [0.1, 0.15) is 23.6 Å². The van der Waals surface area contributed by atoms with E-state index in [2.05, 4.69) is 90.8 Å². The normalized spacial score (nSPS) is 11.2. The molecule has 0 saturated heterocycles. The van der Waals surface area contributed by atoms with Crippen LogP contribution in [0.5, 0.6) is 0 Å². The number of benzene rings is 1. The van der Waals surface area contributed by atoms with Gasteiger partial charge in [-0.3, -0.25) is 0 Å². The topological polar surface area (TPSA) is 27.3 Å². The predicted molar refractivity (Wildman–Crippen MR) is 106 cm³/mol. The molecule has 0 aliphatic carbocycles. The summed E-state index contributed by atoms with van der Waals surface area (Å²) in [6.07, 6.45) is 8.46. The lowest BCUT2D eigenvalue weighted by Crippen LogP contribution is -2.33. The minimum absolute atomic E-state index is 0.176. The zero-order chi connectivity index (χ0) is 17.4. The van der Waals surface area contributed by atoms with Gasteiger partial charge >= 0.3 is 0 Å². The van der Waals surface area contributed by atoms with Gasteiger partial charge in [-0.05, 0) is 42.7 Å². The number of thiol groups is 1. The number of rotatable bonds is 8. The highest BCUT2D eigenvalue weighted by molar-refractivity contribution is 7.80. The summed E-state index contributed by atoms with van der Waals surface area (Å²) in [5.41, 5.74) is 4.80. The van der Waals surface area contributed by atoms with Gasteiger partial charge in [-0.1, -0.05) is 18.2 Å². The maximum atomic E-state index is 9.16. The van der Waals surface area contributed by atoms with Gasteiger partial charge in [0.05, 0.1) is 6.61 Å². The van der Waals surface area contributed by atoms with Gasteiger partial charge in [0.15, 0.2) is 18.9 Å². The summed E-state index contributed by atoms with van der Waals surface area (Å²) in [6, 6.07) is 10.7. The second-order valence-corrected chi connectivity index (χ2v) is 6.22. The Hall–Kier alpha value is -1.78. The summed E-state index contributed by atoms with van der Waals surface area (Å²) in [5, 5.41) is 9.16. The van der Waals surface area contributed by atoms with E-state index in [1.165, 1.54) is 16.7 Å². The summed E-state index contributed by atoms with van der Waals surface area (Å²) in [6.45, 7) is 6.90. The highest BCUT2D eigenvalue weighted by Gasteiger charge is 2.05. The molecule has 128 valence electrons. The fourth-order valence-corrected chi connectivity index (χ4v) is 2.90. The van der Waals surface area contributed by atoms with E-state index < -0.39 is 0 Å². The van der Waals surface area contributed by atoms with Crippen molar-refractivity contribution in [3.8, 4) is 0 Å². The van der Waals surface area contributed by atoms with Crippen LogP contribution in [0.15, 0.2) is 42.7 Å². The number of aryl methyl sites for hydroxylation is 2. The smallest absolute Gasteiger partial charge is 0.169 e. The monoisotopic (exact) mass is 343 g/mol. The molecule has 0 unspecified atom stereocenters. The average molecular weight is 344 g/mol. The first-order valence-corrected chi connectivity index (χ1v) is 9.05. The van der Waals surface area contributed by atoms with Crippen LogP contribution in [-0.2, 0) is 6.54 Å². The van der Waals surface area contributed by atoms with Gasteiger partial charge in [-0.15, -0.1) is 0 Å². The number of hydrogen-bond acceptors (Lipinski definition) is 3. The van der Waals surface area contributed by atoms with Gasteiger partial charge < -0.3 is 10.0 Å². The van der Waals surface area contributed by atoms with Crippen molar-refractivity contribution in [2.75, 3.05) is 30.3 Å². The minimum Gasteiger partial charge on any atom is -0.395 e. The van der Waals surface area contributed by atoms with Crippen LogP contribution in [0.25, 0.3) is 12.2 Å². The van der Waals surface area contributed by atoms with Crippen LogP contribution in [0.3, 0.4) is 0 Å². The first-order valence-electron chi connectivity index (χ1n) is 8.42. The Morgan fingerprint density at radius 3 is 2.50 bits per heavy atom. The third-order valence-electron chi connectivity index (χ3n) is 4.10. The first kappa shape index (κ1) is 18.6. The van der Waals surface area contributed by atoms with E-state index in [0.717, 1.165) is 24.5 Å². The fourth-order valence-electron chi connectivity index (χ4n) is 2.66. The van der Waals surface area contributed by atoms with Crippen LogP contribution in [-0.4, -0.2) is 30.6 Å². The number of aliphatic hydroxyl groups excluding tert-OH is 1. The molecule has 1 aromatic heterocycles. The zero-order valence-corrected chi connectivity index (χ0v) is 15.4. The third-order valence-corrected chi connectivity index (χ3v) is 4.30. The van der Waals surface area contributed by atoms with Crippen molar-refractivity contribution in [1.82, 2.24) is 0 Å². The summed E-state index contributed by atoms with van der Waals surface area (Å²) < 4.78 is 2.13. The number of aliphatic hydroxyl groups is 1. The van der Waals surface area contributed by atoms with Crippen LogP contribution < -0.4 is 9.47 Å². The number of anilines is 1. The molecule has 0 aliphatic rings. The van der Waals surface area contributed by atoms with Crippen molar-refractivity contribution in [1.29, 1.82) is 0 Å². The van der Waals surface area contributed by atoms with Gasteiger partial charge in [0.2, 0.25) is 0 Å². The molecule has 0 saturated carbocycles. The second kappa shape index (κ2) is 9.50. The molecule has 24 heavy (non-hydrogen) atoms. The van der Waals surface area contributed by atoms with Gasteiger partial charge in [-0.2, -0.15) is 12.6 Å². The van der Waals surface area contributed by atoms with Gasteiger partial charge in [-0.25, -0.2) is 4.57 Å². The van der Waals surface area contributed by atoms with Crippen molar-refractivity contribution in [3.63, 3.8) is 0 Å². The third kappa shape index (κ3) is 5.11. The molecule has 0 fully saturated rings. The van der Waals surface area contributed by atoms with E-state index in [1.54, 1.807) is 0 Å². The molecular weight excluding hydrogens is 316 g/mol. The molecule has 1 aromatic carbocycles. The number of hydrogen-bond donors (Lipinski definition) is 2. The van der Waals surface area contributed by atoms with Crippen LogP contribution in [0.2, 0.25) is 0 Å². The Bertz CT molecular complexity index is 668.